The number of nitro benzene ring substituents is 1. The van der Waals surface area contributed by atoms with Crippen molar-refractivity contribution in [3.05, 3.63) is 64.2 Å². The Kier molecular flexibility index (Phi) is 6.08. The number of ether oxygens (including phenoxy) is 1. The van der Waals surface area contributed by atoms with E-state index in [2.05, 4.69) is 5.32 Å². The number of amides is 1. The maximum atomic E-state index is 12.5. The predicted octanol–water partition coefficient (Wildman–Crippen LogP) is 2.25. The average molecular weight is 344 g/mol. The molecule has 0 aromatic heterocycles. The number of nitrogens with two attached hydrogens (primary N) is 1. The van der Waals surface area contributed by atoms with Gasteiger partial charge in [-0.25, -0.2) is 0 Å². The van der Waals surface area contributed by atoms with Crippen molar-refractivity contribution < 1.29 is 19.8 Å². The molecule has 7 nitrogen and oxygen atoms in total. The van der Waals surface area contributed by atoms with Crippen LogP contribution in [0.15, 0.2) is 48.5 Å². The molecule has 0 bridgehead atoms. The molecule has 0 aliphatic heterocycles. The molecule has 2 aromatic carbocycles. The zero-order valence-corrected chi connectivity index (χ0v) is 14.4. The van der Waals surface area contributed by atoms with E-state index in [1.807, 2.05) is 42.6 Å². The Morgan fingerprint density at radius 2 is 1.88 bits per heavy atom. The first kappa shape index (κ1) is 18.4. The van der Waals surface area contributed by atoms with E-state index in [1.54, 1.807) is 6.92 Å². The van der Waals surface area contributed by atoms with E-state index in [0.717, 1.165) is 5.56 Å². The van der Waals surface area contributed by atoms with Crippen molar-refractivity contribution in [1.29, 1.82) is 0 Å². The van der Waals surface area contributed by atoms with E-state index >= 15 is 0 Å². The SMILES string of the molecule is COc1ccc([N+](=O)[O-])cc1NC(=O)[C@H](C)[NH2+][C@@H](C)c1ccccc1. The minimum atomic E-state index is -0.512. The van der Waals surface area contributed by atoms with Gasteiger partial charge in [0.25, 0.3) is 11.6 Å². The summed E-state index contributed by atoms with van der Waals surface area (Å²) in [5.41, 5.74) is 1.30. The highest BCUT2D eigenvalue weighted by Gasteiger charge is 2.22. The van der Waals surface area contributed by atoms with E-state index in [1.165, 1.54) is 25.3 Å². The molecule has 7 heteroatoms. The first-order valence-electron chi connectivity index (χ1n) is 7.95. The Morgan fingerprint density at radius 1 is 1.20 bits per heavy atom. The van der Waals surface area contributed by atoms with Crippen molar-refractivity contribution in [3.8, 4) is 5.75 Å². The highest BCUT2D eigenvalue weighted by Crippen LogP contribution is 2.28. The van der Waals surface area contributed by atoms with Crippen LogP contribution >= 0.6 is 0 Å². The third-order valence-electron chi connectivity index (χ3n) is 3.97. The summed E-state index contributed by atoms with van der Waals surface area (Å²) in [4.78, 5) is 22.9. The number of benzene rings is 2. The van der Waals surface area contributed by atoms with Crippen LogP contribution in [0.5, 0.6) is 5.75 Å². The number of anilines is 1. The molecule has 2 rings (SSSR count). The van der Waals surface area contributed by atoms with Gasteiger partial charge in [-0.05, 0) is 19.9 Å². The minimum absolute atomic E-state index is 0.106. The lowest BCUT2D eigenvalue weighted by molar-refractivity contribution is -0.709. The molecule has 0 radical (unpaired) electrons. The zero-order chi connectivity index (χ0) is 18.4. The lowest BCUT2D eigenvalue weighted by Gasteiger charge is -2.17. The van der Waals surface area contributed by atoms with Crippen LogP contribution in [0.1, 0.15) is 25.5 Å². The summed E-state index contributed by atoms with van der Waals surface area (Å²) < 4.78 is 5.16. The van der Waals surface area contributed by atoms with Gasteiger partial charge in [-0.3, -0.25) is 14.9 Å². The van der Waals surface area contributed by atoms with Crippen LogP contribution in [-0.4, -0.2) is 24.0 Å². The summed E-state index contributed by atoms with van der Waals surface area (Å²) in [6.07, 6.45) is 0. The number of hydrogen-bond donors (Lipinski definition) is 2. The van der Waals surface area contributed by atoms with Gasteiger partial charge in [-0.15, -0.1) is 0 Å². The maximum Gasteiger partial charge on any atom is 0.282 e. The first-order chi connectivity index (χ1) is 11.9. The fourth-order valence-electron chi connectivity index (χ4n) is 2.54. The van der Waals surface area contributed by atoms with Crippen LogP contribution in [-0.2, 0) is 4.79 Å². The molecule has 0 unspecified atom stereocenters. The van der Waals surface area contributed by atoms with Gasteiger partial charge in [0, 0.05) is 17.7 Å². The lowest BCUT2D eigenvalue weighted by atomic mass is 10.1. The number of non-ortho nitro benzene ring substituents is 1. The monoisotopic (exact) mass is 344 g/mol. The fraction of sp³-hybridized carbons (Fsp3) is 0.278. The highest BCUT2D eigenvalue weighted by molar-refractivity contribution is 5.95. The summed E-state index contributed by atoms with van der Waals surface area (Å²) >= 11 is 0. The Morgan fingerprint density at radius 3 is 2.48 bits per heavy atom. The Balaban J connectivity index is 2.08. The number of nitrogens with one attached hydrogen (secondary N) is 1. The van der Waals surface area contributed by atoms with Gasteiger partial charge >= 0.3 is 0 Å². The van der Waals surface area contributed by atoms with Crippen molar-refractivity contribution >= 4 is 17.3 Å². The number of carbonyl (C=O) groups excluding carboxylic acids is 1. The number of quaternary nitrogens is 1. The smallest absolute Gasteiger partial charge is 0.282 e. The largest absolute Gasteiger partial charge is 0.495 e. The number of carbonyl (C=O) groups is 1. The van der Waals surface area contributed by atoms with E-state index in [9.17, 15) is 14.9 Å². The van der Waals surface area contributed by atoms with E-state index in [4.69, 9.17) is 4.74 Å². The molecule has 0 aliphatic carbocycles. The molecular formula is C18H22N3O4+. The van der Waals surface area contributed by atoms with Crippen LogP contribution < -0.4 is 15.4 Å². The van der Waals surface area contributed by atoms with Crippen LogP contribution in [0.4, 0.5) is 11.4 Å². The third kappa shape index (κ3) is 4.77. The normalized spacial score (nSPS) is 12.9. The van der Waals surface area contributed by atoms with Crippen molar-refractivity contribution in [2.45, 2.75) is 25.9 Å². The quantitative estimate of drug-likeness (QED) is 0.594. The number of hydrogen-bond acceptors (Lipinski definition) is 4. The molecular weight excluding hydrogens is 322 g/mol. The Labute approximate surface area is 146 Å². The van der Waals surface area contributed by atoms with Gasteiger partial charge in [-0.1, -0.05) is 30.3 Å². The van der Waals surface area contributed by atoms with Crippen molar-refractivity contribution in [2.75, 3.05) is 12.4 Å². The number of nitrogens with zero attached hydrogens (tertiary/aromatic N) is 1. The van der Waals surface area contributed by atoms with Gasteiger partial charge in [0.05, 0.1) is 17.7 Å². The molecule has 1 amide bonds. The summed E-state index contributed by atoms with van der Waals surface area (Å²) in [6, 6.07) is 13.7. The standard InChI is InChI=1S/C18H21N3O4/c1-12(14-7-5-4-6-8-14)19-13(2)18(22)20-16-11-15(21(23)24)9-10-17(16)25-3/h4-13,19H,1-3H3,(H,20,22)/p+1/t12-,13-/m0/s1. The van der Waals surface area contributed by atoms with Crippen LogP contribution in [0.2, 0.25) is 0 Å². The van der Waals surface area contributed by atoms with E-state index in [0.29, 0.717) is 5.75 Å². The number of methoxy groups -OCH3 is 1. The molecule has 25 heavy (non-hydrogen) atoms. The Bertz CT molecular complexity index is 749. The number of nitro groups is 1. The summed E-state index contributed by atoms with van der Waals surface area (Å²) in [7, 11) is 1.45. The molecule has 0 fully saturated rings. The first-order valence-corrected chi connectivity index (χ1v) is 7.95. The Hall–Kier alpha value is -2.93. The van der Waals surface area contributed by atoms with Gasteiger partial charge in [0.2, 0.25) is 0 Å². The molecule has 0 saturated heterocycles. The average Bonchev–Trinajstić information content (AvgIpc) is 2.62. The highest BCUT2D eigenvalue weighted by atomic mass is 16.6. The summed E-state index contributed by atoms with van der Waals surface area (Å²) in [6.45, 7) is 3.81. The minimum Gasteiger partial charge on any atom is -0.495 e. The number of rotatable bonds is 7. The van der Waals surface area contributed by atoms with Crippen molar-refractivity contribution in [1.82, 2.24) is 0 Å². The van der Waals surface area contributed by atoms with Crippen LogP contribution in [0, 0.1) is 10.1 Å². The molecule has 0 heterocycles. The van der Waals surface area contributed by atoms with Gasteiger partial charge in [0.1, 0.15) is 11.8 Å². The zero-order valence-electron chi connectivity index (χ0n) is 14.4. The second-order valence-corrected chi connectivity index (χ2v) is 5.81. The topological polar surface area (TPSA) is 98.1 Å². The summed E-state index contributed by atoms with van der Waals surface area (Å²) in [5.74, 6) is 0.129. The van der Waals surface area contributed by atoms with Gasteiger partial charge < -0.3 is 15.4 Å². The third-order valence-corrected chi connectivity index (χ3v) is 3.97. The fourth-order valence-corrected chi connectivity index (χ4v) is 2.54. The lowest BCUT2D eigenvalue weighted by Crippen LogP contribution is -2.91. The molecule has 132 valence electrons. The molecule has 2 aromatic rings. The second kappa shape index (κ2) is 8.25. The van der Waals surface area contributed by atoms with Gasteiger partial charge in [-0.2, -0.15) is 0 Å². The molecule has 0 spiro atoms. The predicted molar refractivity (Wildman–Crippen MR) is 94.5 cm³/mol. The van der Waals surface area contributed by atoms with Gasteiger partial charge in [0.15, 0.2) is 6.04 Å². The maximum absolute atomic E-state index is 12.5. The molecule has 0 saturated carbocycles. The van der Waals surface area contributed by atoms with E-state index < -0.39 is 4.92 Å². The molecule has 0 aliphatic rings. The van der Waals surface area contributed by atoms with Crippen LogP contribution in [0.3, 0.4) is 0 Å². The van der Waals surface area contributed by atoms with Crippen molar-refractivity contribution in [2.24, 2.45) is 0 Å². The molecule has 3 N–H and O–H groups in total. The molecule has 2 atom stereocenters. The van der Waals surface area contributed by atoms with Crippen LogP contribution in [0.25, 0.3) is 0 Å². The van der Waals surface area contributed by atoms with E-state index in [-0.39, 0.29) is 29.4 Å². The second-order valence-electron chi connectivity index (χ2n) is 5.81. The van der Waals surface area contributed by atoms with Crippen molar-refractivity contribution in [3.63, 3.8) is 0 Å². The summed E-state index contributed by atoms with van der Waals surface area (Å²) in [5, 5.41) is 15.6.